The van der Waals surface area contributed by atoms with Gasteiger partial charge in [-0.2, -0.15) is 0 Å². The van der Waals surface area contributed by atoms with Crippen molar-refractivity contribution < 1.29 is 4.79 Å². The second kappa shape index (κ2) is 7.22. The third kappa shape index (κ3) is 5.09. The third-order valence-corrected chi connectivity index (χ3v) is 3.83. The van der Waals surface area contributed by atoms with E-state index in [1.807, 2.05) is 14.1 Å². The average Bonchev–Trinajstić information content (AvgIpc) is 2.30. The minimum Gasteiger partial charge on any atom is -0.368 e. The second-order valence-corrected chi connectivity index (χ2v) is 6.37. The number of hydrogen-bond donors (Lipinski definition) is 2. The fourth-order valence-electron chi connectivity index (χ4n) is 2.66. The van der Waals surface area contributed by atoms with Crippen LogP contribution in [-0.2, 0) is 4.79 Å². The molecule has 1 amide bonds. The van der Waals surface area contributed by atoms with Crippen LogP contribution in [0.3, 0.4) is 0 Å². The van der Waals surface area contributed by atoms with Gasteiger partial charge in [0.1, 0.15) is 5.54 Å². The zero-order chi connectivity index (χ0) is 14.5. The molecule has 0 aliphatic carbocycles. The van der Waals surface area contributed by atoms with Crippen LogP contribution in [0.4, 0.5) is 0 Å². The number of nitrogens with two attached hydrogens (primary N) is 1. The Morgan fingerprint density at radius 2 is 1.95 bits per heavy atom. The summed E-state index contributed by atoms with van der Waals surface area (Å²) in [6.45, 7) is 9.19. The highest BCUT2D eigenvalue weighted by atomic mass is 16.1. The maximum atomic E-state index is 11.8. The lowest BCUT2D eigenvalue weighted by Gasteiger charge is -2.41. The summed E-state index contributed by atoms with van der Waals surface area (Å²) in [5.74, 6) is 0.471. The largest absolute Gasteiger partial charge is 0.368 e. The average molecular weight is 270 g/mol. The summed E-state index contributed by atoms with van der Waals surface area (Å²) in [7, 11) is 4.06. The maximum Gasteiger partial charge on any atom is 0.237 e. The molecule has 1 aliphatic heterocycles. The van der Waals surface area contributed by atoms with Gasteiger partial charge in [-0.25, -0.2) is 0 Å². The third-order valence-electron chi connectivity index (χ3n) is 3.83. The van der Waals surface area contributed by atoms with E-state index >= 15 is 0 Å². The predicted octanol–water partition coefficient (Wildman–Crippen LogP) is 0.114. The van der Waals surface area contributed by atoms with Crippen molar-refractivity contribution in [1.82, 2.24) is 15.1 Å². The van der Waals surface area contributed by atoms with E-state index in [9.17, 15) is 4.79 Å². The van der Waals surface area contributed by atoms with Crippen molar-refractivity contribution in [2.75, 3.05) is 46.8 Å². The molecule has 1 fully saturated rings. The van der Waals surface area contributed by atoms with Crippen LogP contribution in [0.25, 0.3) is 0 Å². The normalized spacial score (nSPS) is 20.1. The lowest BCUT2D eigenvalue weighted by atomic mass is 9.86. The lowest BCUT2D eigenvalue weighted by molar-refractivity contribution is -0.126. The van der Waals surface area contributed by atoms with Crippen LogP contribution in [0.15, 0.2) is 0 Å². The minimum atomic E-state index is -0.497. The minimum absolute atomic E-state index is 0.199. The number of likely N-dealkylation sites (tertiary alicyclic amines) is 1. The molecule has 0 spiro atoms. The summed E-state index contributed by atoms with van der Waals surface area (Å²) < 4.78 is 0. The number of rotatable bonds is 7. The molecule has 1 aliphatic rings. The molecule has 0 aromatic rings. The number of hydrogen-bond acceptors (Lipinski definition) is 4. The fraction of sp³-hybridized carbons (Fsp3) is 0.929. The highest BCUT2D eigenvalue weighted by molar-refractivity contribution is 5.84. The first-order valence-corrected chi connectivity index (χ1v) is 7.28. The molecule has 0 bridgehead atoms. The van der Waals surface area contributed by atoms with Gasteiger partial charge >= 0.3 is 0 Å². The van der Waals surface area contributed by atoms with Gasteiger partial charge in [-0.15, -0.1) is 0 Å². The molecule has 0 aromatic heterocycles. The first kappa shape index (κ1) is 16.4. The number of carbonyl (C=O) groups is 1. The SMILES string of the molecule is CC(C)CN1CCC(NCCN(C)C)(C(N)=O)CC1. The summed E-state index contributed by atoms with van der Waals surface area (Å²) in [6.07, 6.45) is 1.64. The van der Waals surface area contributed by atoms with E-state index < -0.39 is 5.54 Å². The van der Waals surface area contributed by atoms with Gasteiger partial charge in [-0.3, -0.25) is 4.79 Å². The van der Waals surface area contributed by atoms with E-state index in [2.05, 4.69) is 29.0 Å². The van der Waals surface area contributed by atoms with Gasteiger partial charge in [0.15, 0.2) is 0 Å². The van der Waals surface area contributed by atoms with Crippen molar-refractivity contribution in [3.63, 3.8) is 0 Å². The molecule has 5 nitrogen and oxygen atoms in total. The predicted molar refractivity (Wildman–Crippen MR) is 79.0 cm³/mol. The summed E-state index contributed by atoms with van der Waals surface area (Å²) in [4.78, 5) is 16.3. The van der Waals surface area contributed by atoms with Crippen LogP contribution >= 0.6 is 0 Å². The van der Waals surface area contributed by atoms with Crippen molar-refractivity contribution in [2.24, 2.45) is 11.7 Å². The molecule has 112 valence electrons. The van der Waals surface area contributed by atoms with Gasteiger partial charge in [0.05, 0.1) is 0 Å². The van der Waals surface area contributed by atoms with Gasteiger partial charge in [-0.1, -0.05) is 13.8 Å². The number of piperidine rings is 1. The second-order valence-electron chi connectivity index (χ2n) is 6.37. The lowest BCUT2D eigenvalue weighted by Crippen LogP contribution is -2.61. The first-order chi connectivity index (χ1) is 8.85. The van der Waals surface area contributed by atoms with Gasteiger partial charge in [-0.05, 0) is 32.9 Å². The van der Waals surface area contributed by atoms with E-state index in [0.717, 1.165) is 45.6 Å². The molecule has 0 saturated carbocycles. The van der Waals surface area contributed by atoms with Crippen LogP contribution in [-0.4, -0.2) is 68.1 Å². The number of carbonyl (C=O) groups excluding carboxylic acids is 1. The quantitative estimate of drug-likeness (QED) is 0.689. The monoisotopic (exact) mass is 270 g/mol. The molecule has 1 heterocycles. The fourth-order valence-corrected chi connectivity index (χ4v) is 2.66. The molecule has 0 aromatic carbocycles. The van der Waals surface area contributed by atoms with Gasteiger partial charge in [0, 0.05) is 32.7 Å². The van der Waals surface area contributed by atoms with Crippen LogP contribution in [0.5, 0.6) is 0 Å². The van der Waals surface area contributed by atoms with Crippen molar-refractivity contribution in [3.8, 4) is 0 Å². The number of amides is 1. The summed E-state index contributed by atoms with van der Waals surface area (Å²) >= 11 is 0. The Balaban J connectivity index is 2.49. The molecule has 0 atom stereocenters. The van der Waals surface area contributed by atoms with E-state index in [0.29, 0.717) is 5.92 Å². The van der Waals surface area contributed by atoms with Crippen LogP contribution in [0, 0.1) is 5.92 Å². The van der Waals surface area contributed by atoms with Gasteiger partial charge in [0.2, 0.25) is 5.91 Å². The van der Waals surface area contributed by atoms with Crippen LogP contribution < -0.4 is 11.1 Å². The smallest absolute Gasteiger partial charge is 0.237 e. The molecule has 5 heteroatoms. The molecule has 0 unspecified atom stereocenters. The Labute approximate surface area is 117 Å². The zero-order valence-corrected chi connectivity index (χ0v) is 12.9. The Morgan fingerprint density at radius 3 is 2.37 bits per heavy atom. The van der Waals surface area contributed by atoms with Gasteiger partial charge in [0.25, 0.3) is 0 Å². The van der Waals surface area contributed by atoms with E-state index in [-0.39, 0.29) is 5.91 Å². The van der Waals surface area contributed by atoms with Crippen molar-refractivity contribution in [3.05, 3.63) is 0 Å². The molecule has 1 rings (SSSR count). The van der Waals surface area contributed by atoms with Crippen molar-refractivity contribution in [1.29, 1.82) is 0 Å². The number of primary amides is 1. The summed E-state index contributed by atoms with van der Waals surface area (Å²) in [6, 6.07) is 0. The highest BCUT2D eigenvalue weighted by Gasteiger charge is 2.39. The standard InChI is InChI=1S/C14H30N4O/c1-12(2)11-18-8-5-14(6-9-18,13(15)19)16-7-10-17(3)4/h12,16H,5-11H2,1-4H3,(H2,15,19). The Kier molecular flexibility index (Phi) is 6.23. The zero-order valence-electron chi connectivity index (χ0n) is 12.9. The van der Waals surface area contributed by atoms with Crippen LogP contribution in [0.1, 0.15) is 26.7 Å². The van der Waals surface area contributed by atoms with Crippen molar-refractivity contribution in [2.45, 2.75) is 32.2 Å². The number of nitrogens with zero attached hydrogens (tertiary/aromatic N) is 2. The molecule has 19 heavy (non-hydrogen) atoms. The molecule has 0 radical (unpaired) electrons. The van der Waals surface area contributed by atoms with Gasteiger partial charge < -0.3 is 20.9 Å². The van der Waals surface area contributed by atoms with E-state index in [1.54, 1.807) is 0 Å². The van der Waals surface area contributed by atoms with E-state index in [4.69, 9.17) is 5.73 Å². The Morgan fingerprint density at radius 1 is 1.37 bits per heavy atom. The first-order valence-electron chi connectivity index (χ1n) is 7.28. The topological polar surface area (TPSA) is 61.6 Å². The van der Waals surface area contributed by atoms with Crippen molar-refractivity contribution >= 4 is 5.91 Å². The van der Waals surface area contributed by atoms with Crippen LogP contribution in [0.2, 0.25) is 0 Å². The number of likely N-dealkylation sites (N-methyl/N-ethyl adjacent to an activating group) is 1. The maximum absolute atomic E-state index is 11.8. The highest BCUT2D eigenvalue weighted by Crippen LogP contribution is 2.22. The molecular formula is C14H30N4O. The Bertz CT molecular complexity index is 283. The summed E-state index contributed by atoms with van der Waals surface area (Å²) in [5.41, 5.74) is 5.14. The molecular weight excluding hydrogens is 240 g/mol. The van der Waals surface area contributed by atoms with E-state index in [1.165, 1.54) is 0 Å². The molecule has 1 saturated heterocycles. The number of nitrogens with one attached hydrogen (secondary N) is 1. The summed E-state index contributed by atoms with van der Waals surface area (Å²) in [5, 5.41) is 3.40. The Hall–Kier alpha value is -0.650. The molecule has 3 N–H and O–H groups in total.